The van der Waals surface area contributed by atoms with E-state index in [1.165, 1.54) is 6.42 Å². The summed E-state index contributed by atoms with van der Waals surface area (Å²) < 4.78 is 5.45. The Balaban J connectivity index is 2.45. The van der Waals surface area contributed by atoms with Crippen molar-refractivity contribution in [2.45, 2.75) is 57.1 Å². The molecule has 0 aliphatic heterocycles. The third-order valence-corrected chi connectivity index (χ3v) is 3.98. The first-order valence-electron chi connectivity index (χ1n) is 6.14. The zero-order valence-corrected chi connectivity index (χ0v) is 10.6. The molecule has 0 saturated heterocycles. The maximum atomic E-state index is 11.9. The van der Waals surface area contributed by atoms with E-state index in [4.69, 9.17) is 10.5 Å². The minimum absolute atomic E-state index is 0.0548. The van der Waals surface area contributed by atoms with Gasteiger partial charge < -0.3 is 15.8 Å². The zero-order valence-electron chi connectivity index (χ0n) is 10.6. The van der Waals surface area contributed by atoms with Crippen molar-refractivity contribution in [1.82, 2.24) is 5.32 Å². The molecule has 0 radical (unpaired) electrons. The van der Waals surface area contributed by atoms with Crippen molar-refractivity contribution in [1.29, 1.82) is 0 Å². The molecule has 0 unspecified atom stereocenters. The highest BCUT2D eigenvalue weighted by Crippen LogP contribution is 2.34. The highest BCUT2D eigenvalue weighted by molar-refractivity contribution is 5.85. The number of ether oxygens (including phenoxy) is 1. The van der Waals surface area contributed by atoms with Gasteiger partial charge in [-0.1, -0.05) is 13.8 Å². The van der Waals surface area contributed by atoms with Crippen molar-refractivity contribution < 1.29 is 9.53 Å². The summed E-state index contributed by atoms with van der Waals surface area (Å²) in [5.41, 5.74) is 5.17. The lowest BCUT2D eigenvalue weighted by Crippen LogP contribution is -2.57. The van der Waals surface area contributed by atoms with Crippen LogP contribution in [0.4, 0.5) is 0 Å². The first kappa shape index (κ1) is 13.5. The van der Waals surface area contributed by atoms with Crippen LogP contribution in [0.3, 0.4) is 0 Å². The van der Waals surface area contributed by atoms with Gasteiger partial charge in [0.05, 0.1) is 11.1 Å². The first-order chi connectivity index (χ1) is 7.52. The Hall–Kier alpha value is -0.610. The molecule has 1 aliphatic rings. The summed E-state index contributed by atoms with van der Waals surface area (Å²) in [6, 6.07) is 0. The lowest BCUT2D eigenvalue weighted by Gasteiger charge is -2.41. The Morgan fingerprint density at radius 1 is 1.44 bits per heavy atom. The average molecular weight is 228 g/mol. The lowest BCUT2D eigenvalue weighted by molar-refractivity contribution is -0.130. The lowest BCUT2D eigenvalue weighted by atomic mass is 9.79. The summed E-state index contributed by atoms with van der Waals surface area (Å²) in [6.45, 7) is 4.47. The van der Waals surface area contributed by atoms with Crippen molar-refractivity contribution in [3.8, 4) is 0 Å². The third-order valence-electron chi connectivity index (χ3n) is 3.98. The van der Waals surface area contributed by atoms with E-state index in [1.54, 1.807) is 7.11 Å². The van der Waals surface area contributed by atoms with Crippen LogP contribution in [-0.4, -0.2) is 30.7 Å². The maximum Gasteiger partial charge on any atom is 0.240 e. The second-order valence-electron chi connectivity index (χ2n) is 4.79. The number of nitrogens with one attached hydrogen (secondary N) is 1. The van der Waals surface area contributed by atoms with Gasteiger partial charge in [0.15, 0.2) is 0 Å². The van der Waals surface area contributed by atoms with Gasteiger partial charge in [0.25, 0.3) is 0 Å². The van der Waals surface area contributed by atoms with E-state index in [1.807, 2.05) is 13.8 Å². The molecule has 0 atom stereocenters. The predicted octanol–water partition coefficient (Wildman–Crippen LogP) is 1.19. The normalized spacial score (nSPS) is 19.0. The maximum absolute atomic E-state index is 11.9. The van der Waals surface area contributed by atoms with Crippen molar-refractivity contribution >= 4 is 5.91 Å². The molecule has 1 amide bonds. The van der Waals surface area contributed by atoms with Gasteiger partial charge in [-0.3, -0.25) is 4.79 Å². The summed E-state index contributed by atoms with van der Waals surface area (Å²) in [5.74, 6) is -0.0548. The molecule has 0 heterocycles. The van der Waals surface area contributed by atoms with Gasteiger partial charge in [-0.2, -0.15) is 0 Å². The molecular weight excluding hydrogens is 204 g/mol. The van der Waals surface area contributed by atoms with Crippen LogP contribution in [0.5, 0.6) is 0 Å². The predicted molar refractivity (Wildman–Crippen MR) is 64.1 cm³/mol. The van der Waals surface area contributed by atoms with Crippen LogP contribution in [0, 0.1) is 0 Å². The summed E-state index contributed by atoms with van der Waals surface area (Å²) in [5, 5.41) is 2.93. The van der Waals surface area contributed by atoms with E-state index >= 15 is 0 Å². The first-order valence-corrected chi connectivity index (χ1v) is 6.14. The molecule has 1 saturated carbocycles. The monoisotopic (exact) mass is 228 g/mol. The number of methoxy groups -OCH3 is 1. The fourth-order valence-electron chi connectivity index (χ4n) is 2.01. The van der Waals surface area contributed by atoms with Gasteiger partial charge in [-0.25, -0.2) is 0 Å². The zero-order chi connectivity index (χ0) is 12.2. The number of hydrogen-bond acceptors (Lipinski definition) is 3. The van der Waals surface area contributed by atoms with E-state index in [0.717, 1.165) is 12.8 Å². The highest BCUT2D eigenvalue weighted by atomic mass is 16.5. The van der Waals surface area contributed by atoms with Gasteiger partial charge in [0.1, 0.15) is 0 Å². The molecule has 4 heteroatoms. The van der Waals surface area contributed by atoms with Crippen LogP contribution >= 0.6 is 0 Å². The van der Waals surface area contributed by atoms with Crippen LogP contribution in [-0.2, 0) is 9.53 Å². The molecule has 94 valence electrons. The van der Waals surface area contributed by atoms with Gasteiger partial charge in [-0.05, 0) is 32.1 Å². The van der Waals surface area contributed by atoms with Crippen molar-refractivity contribution in [3.63, 3.8) is 0 Å². The molecule has 1 aliphatic carbocycles. The summed E-state index contributed by atoms with van der Waals surface area (Å²) in [6.07, 6.45) is 4.56. The minimum atomic E-state index is -0.724. The van der Waals surface area contributed by atoms with Gasteiger partial charge in [-0.15, -0.1) is 0 Å². The highest BCUT2D eigenvalue weighted by Gasteiger charge is 2.39. The molecule has 0 aromatic rings. The summed E-state index contributed by atoms with van der Waals surface area (Å²) in [4.78, 5) is 11.9. The van der Waals surface area contributed by atoms with Crippen LogP contribution in [0.15, 0.2) is 0 Å². The molecule has 1 fully saturated rings. The number of hydrogen-bond donors (Lipinski definition) is 2. The topological polar surface area (TPSA) is 64.4 Å². The number of amides is 1. The largest absolute Gasteiger partial charge is 0.376 e. The average Bonchev–Trinajstić information content (AvgIpc) is 2.26. The summed E-state index contributed by atoms with van der Waals surface area (Å²) in [7, 11) is 1.71. The van der Waals surface area contributed by atoms with E-state index in [2.05, 4.69) is 5.32 Å². The van der Waals surface area contributed by atoms with E-state index in [-0.39, 0.29) is 11.5 Å². The Morgan fingerprint density at radius 2 is 2.00 bits per heavy atom. The fourth-order valence-corrected chi connectivity index (χ4v) is 2.01. The second kappa shape index (κ2) is 5.15. The Labute approximate surface area is 97.9 Å². The molecule has 0 aromatic heterocycles. The van der Waals surface area contributed by atoms with Crippen LogP contribution in [0.25, 0.3) is 0 Å². The number of nitrogens with two attached hydrogens (primary N) is 1. The number of carbonyl (C=O) groups excluding carboxylic acids is 1. The fraction of sp³-hybridized carbons (Fsp3) is 0.917. The molecule has 1 rings (SSSR count). The molecular formula is C12H24N2O2. The van der Waals surface area contributed by atoms with E-state index < -0.39 is 5.54 Å². The molecule has 0 bridgehead atoms. The SMILES string of the molecule is CCC(N)(CC)C(=O)NCC1(OC)CCC1. The number of carbonyl (C=O) groups is 1. The molecule has 0 spiro atoms. The van der Waals surface area contributed by atoms with Gasteiger partial charge in [0, 0.05) is 13.7 Å². The van der Waals surface area contributed by atoms with Gasteiger partial charge in [0.2, 0.25) is 5.91 Å². The molecule has 16 heavy (non-hydrogen) atoms. The standard InChI is InChI=1S/C12H24N2O2/c1-4-12(13,5-2)10(15)14-9-11(16-3)7-6-8-11/h4-9,13H2,1-3H3,(H,14,15). The molecule has 3 N–H and O–H groups in total. The van der Waals surface area contributed by atoms with E-state index in [9.17, 15) is 4.79 Å². The summed E-state index contributed by atoms with van der Waals surface area (Å²) >= 11 is 0. The Morgan fingerprint density at radius 3 is 2.31 bits per heavy atom. The number of rotatable bonds is 6. The minimum Gasteiger partial charge on any atom is -0.376 e. The van der Waals surface area contributed by atoms with Crippen molar-refractivity contribution in [3.05, 3.63) is 0 Å². The van der Waals surface area contributed by atoms with Crippen molar-refractivity contribution in [2.75, 3.05) is 13.7 Å². The van der Waals surface area contributed by atoms with Crippen LogP contribution in [0.1, 0.15) is 46.0 Å². The smallest absolute Gasteiger partial charge is 0.240 e. The molecule has 0 aromatic carbocycles. The Kier molecular flexibility index (Phi) is 4.33. The van der Waals surface area contributed by atoms with Gasteiger partial charge >= 0.3 is 0 Å². The molecule has 4 nitrogen and oxygen atoms in total. The third kappa shape index (κ3) is 2.55. The van der Waals surface area contributed by atoms with Crippen LogP contribution < -0.4 is 11.1 Å². The second-order valence-corrected chi connectivity index (χ2v) is 4.79. The Bertz CT molecular complexity index is 240. The quantitative estimate of drug-likeness (QED) is 0.717. The van der Waals surface area contributed by atoms with Crippen LogP contribution in [0.2, 0.25) is 0 Å². The van der Waals surface area contributed by atoms with Crippen molar-refractivity contribution in [2.24, 2.45) is 5.73 Å². The van der Waals surface area contributed by atoms with E-state index in [0.29, 0.717) is 19.4 Å².